The molecule has 76 valence electrons. The number of thiophene rings is 1. The predicted octanol–water partition coefficient (Wildman–Crippen LogP) is 1.66. The van der Waals surface area contributed by atoms with Crippen LogP contribution in [0.15, 0.2) is 12.1 Å². The molecule has 0 bridgehead atoms. The summed E-state index contributed by atoms with van der Waals surface area (Å²) in [4.78, 5) is 21.9. The molecule has 2 N–H and O–H groups in total. The van der Waals surface area contributed by atoms with Crippen LogP contribution in [0.2, 0.25) is 4.34 Å². The fourth-order valence-corrected chi connectivity index (χ4v) is 1.95. The first-order chi connectivity index (χ1) is 6.50. The van der Waals surface area contributed by atoms with E-state index in [-0.39, 0.29) is 6.04 Å². The molecule has 1 rings (SSSR count). The summed E-state index contributed by atoms with van der Waals surface area (Å²) < 4.78 is 0.608. The molecule has 0 radical (unpaired) electrons. The van der Waals surface area contributed by atoms with Crippen molar-refractivity contribution in [1.82, 2.24) is 5.32 Å². The second-order valence-electron chi connectivity index (χ2n) is 2.64. The number of carboxylic acids is 1. The maximum absolute atomic E-state index is 10.8. The van der Waals surface area contributed by atoms with Crippen molar-refractivity contribution < 1.29 is 14.7 Å². The number of hydrogen-bond acceptors (Lipinski definition) is 3. The minimum Gasteiger partial charge on any atom is -0.474 e. The van der Waals surface area contributed by atoms with E-state index in [1.165, 1.54) is 11.3 Å². The van der Waals surface area contributed by atoms with E-state index in [0.717, 1.165) is 4.88 Å². The van der Waals surface area contributed by atoms with Crippen molar-refractivity contribution in [3.05, 3.63) is 21.3 Å². The third-order valence-corrected chi connectivity index (χ3v) is 2.98. The van der Waals surface area contributed by atoms with Crippen molar-refractivity contribution in [2.45, 2.75) is 13.0 Å². The fourth-order valence-electron chi connectivity index (χ4n) is 0.891. The highest BCUT2D eigenvalue weighted by molar-refractivity contribution is 7.16. The molecule has 0 aliphatic carbocycles. The van der Waals surface area contributed by atoms with E-state index >= 15 is 0 Å². The van der Waals surface area contributed by atoms with Gasteiger partial charge in [0.05, 0.1) is 10.4 Å². The zero-order chi connectivity index (χ0) is 10.7. The lowest BCUT2D eigenvalue weighted by molar-refractivity contribution is -0.150. The fraction of sp³-hybridized carbons (Fsp3) is 0.250. The Bertz CT molecular complexity index is 363. The van der Waals surface area contributed by atoms with Crippen LogP contribution in [0.4, 0.5) is 0 Å². The molecule has 1 aromatic heterocycles. The van der Waals surface area contributed by atoms with Crippen molar-refractivity contribution in [3.8, 4) is 0 Å². The topological polar surface area (TPSA) is 66.4 Å². The summed E-state index contributed by atoms with van der Waals surface area (Å²) in [5.74, 6) is -2.50. The SMILES string of the molecule is CC(NC(=O)C(=O)O)c1ccc(Cl)s1. The lowest BCUT2D eigenvalue weighted by atomic mass is 10.3. The minimum absolute atomic E-state index is 0.337. The molecule has 1 unspecified atom stereocenters. The van der Waals surface area contributed by atoms with Crippen molar-refractivity contribution in [2.24, 2.45) is 0 Å². The van der Waals surface area contributed by atoms with Gasteiger partial charge in [0.25, 0.3) is 0 Å². The molecule has 0 saturated heterocycles. The molecule has 6 heteroatoms. The van der Waals surface area contributed by atoms with Gasteiger partial charge in [0, 0.05) is 4.88 Å². The molecule has 1 amide bonds. The van der Waals surface area contributed by atoms with Gasteiger partial charge in [0.1, 0.15) is 0 Å². The average molecular weight is 234 g/mol. The van der Waals surface area contributed by atoms with Crippen LogP contribution in [0, 0.1) is 0 Å². The molecular weight excluding hydrogens is 226 g/mol. The number of hydrogen-bond donors (Lipinski definition) is 2. The first-order valence-corrected chi connectivity index (χ1v) is 4.99. The molecule has 4 nitrogen and oxygen atoms in total. The van der Waals surface area contributed by atoms with Gasteiger partial charge in [-0.25, -0.2) is 4.79 Å². The number of halogens is 1. The standard InChI is InChI=1S/C8H8ClNO3S/c1-4(10-7(11)8(12)13)5-2-3-6(9)14-5/h2-4H,1H3,(H,10,11)(H,12,13). The van der Waals surface area contributed by atoms with Gasteiger partial charge in [-0.3, -0.25) is 4.79 Å². The van der Waals surface area contributed by atoms with Crippen molar-refractivity contribution in [3.63, 3.8) is 0 Å². The van der Waals surface area contributed by atoms with Crippen LogP contribution >= 0.6 is 22.9 Å². The molecule has 14 heavy (non-hydrogen) atoms. The van der Waals surface area contributed by atoms with Crippen LogP contribution in [0.1, 0.15) is 17.8 Å². The molecule has 0 spiro atoms. The molecule has 1 atom stereocenters. The lowest BCUT2D eigenvalue weighted by Gasteiger charge is -2.09. The highest BCUT2D eigenvalue weighted by Gasteiger charge is 2.16. The summed E-state index contributed by atoms with van der Waals surface area (Å²) in [7, 11) is 0. The van der Waals surface area contributed by atoms with Gasteiger partial charge in [-0.1, -0.05) is 11.6 Å². The van der Waals surface area contributed by atoms with Crippen LogP contribution in [-0.4, -0.2) is 17.0 Å². The summed E-state index contributed by atoms with van der Waals surface area (Å²) in [6, 6.07) is 3.11. The van der Waals surface area contributed by atoms with Crippen LogP contribution in [0.25, 0.3) is 0 Å². The monoisotopic (exact) mass is 233 g/mol. The molecule has 0 fully saturated rings. The summed E-state index contributed by atoms with van der Waals surface area (Å²) in [5, 5.41) is 10.7. The number of carbonyl (C=O) groups is 2. The van der Waals surface area contributed by atoms with Crippen molar-refractivity contribution >= 4 is 34.8 Å². The van der Waals surface area contributed by atoms with Crippen LogP contribution in [0.3, 0.4) is 0 Å². The Hall–Kier alpha value is -1.07. The molecular formula is C8H8ClNO3S. The lowest BCUT2D eigenvalue weighted by Crippen LogP contribution is -2.32. The average Bonchev–Trinajstić information content (AvgIpc) is 2.51. The Balaban J connectivity index is 2.63. The molecule has 1 aromatic rings. The zero-order valence-corrected chi connectivity index (χ0v) is 8.85. The number of carboxylic acid groups (broad SMARTS) is 1. The Morgan fingerprint density at radius 1 is 1.57 bits per heavy atom. The summed E-state index contributed by atoms with van der Waals surface area (Å²) in [5.41, 5.74) is 0. The van der Waals surface area contributed by atoms with Gasteiger partial charge >= 0.3 is 11.9 Å². The molecule has 0 aromatic carbocycles. The first-order valence-electron chi connectivity index (χ1n) is 3.79. The van der Waals surface area contributed by atoms with Gasteiger partial charge in [0.15, 0.2) is 0 Å². The summed E-state index contributed by atoms with van der Waals surface area (Å²) in [6.07, 6.45) is 0. The normalized spacial score (nSPS) is 12.1. The van der Waals surface area contributed by atoms with Crippen LogP contribution in [0.5, 0.6) is 0 Å². The summed E-state index contributed by atoms with van der Waals surface area (Å²) in [6.45, 7) is 1.70. The van der Waals surface area contributed by atoms with Crippen LogP contribution < -0.4 is 5.32 Å². The van der Waals surface area contributed by atoms with E-state index in [0.29, 0.717) is 4.34 Å². The molecule has 0 aliphatic heterocycles. The highest BCUT2D eigenvalue weighted by atomic mass is 35.5. The smallest absolute Gasteiger partial charge is 0.394 e. The molecule has 0 aliphatic rings. The van der Waals surface area contributed by atoms with Gasteiger partial charge in [-0.2, -0.15) is 0 Å². The van der Waals surface area contributed by atoms with Crippen LogP contribution in [-0.2, 0) is 9.59 Å². The second kappa shape index (κ2) is 4.43. The Morgan fingerprint density at radius 2 is 2.21 bits per heavy atom. The summed E-state index contributed by atoms with van der Waals surface area (Å²) >= 11 is 7.00. The number of carbonyl (C=O) groups excluding carboxylic acids is 1. The van der Waals surface area contributed by atoms with E-state index in [4.69, 9.17) is 16.7 Å². The predicted molar refractivity (Wildman–Crippen MR) is 53.5 cm³/mol. The molecule has 1 heterocycles. The quantitative estimate of drug-likeness (QED) is 0.764. The van der Waals surface area contributed by atoms with E-state index < -0.39 is 11.9 Å². The van der Waals surface area contributed by atoms with E-state index in [2.05, 4.69) is 5.32 Å². The minimum atomic E-state index is -1.49. The van der Waals surface area contributed by atoms with Gasteiger partial charge in [-0.05, 0) is 19.1 Å². The van der Waals surface area contributed by atoms with Crippen molar-refractivity contribution in [2.75, 3.05) is 0 Å². The van der Waals surface area contributed by atoms with Gasteiger partial charge in [-0.15, -0.1) is 11.3 Å². The van der Waals surface area contributed by atoms with Crippen molar-refractivity contribution in [1.29, 1.82) is 0 Å². The second-order valence-corrected chi connectivity index (χ2v) is 4.39. The Labute approximate surface area is 89.5 Å². The van der Waals surface area contributed by atoms with E-state index in [1.807, 2.05) is 0 Å². The number of nitrogens with one attached hydrogen (secondary N) is 1. The van der Waals surface area contributed by atoms with Gasteiger partial charge in [0.2, 0.25) is 0 Å². The number of aliphatic carboxylic acids is 1. The zero-order valence-electron chi connectivity index (χ0n) is 7.28. The maximum atomic E-state index is 10.8. The molecule has 0 saturated carbocycles. The largest absolute Gasteiger partial charge is 0.474 e. The number of amides is 1. The van der Waals surface area contributed by atoms with Gasteiger partial charge < -0.3 is 10.4 Å². The Morgan fingerprint density at radius 3 is 2.64 bits per heavy atom. The maximum Gasteiger partial charge on any atom is 0.394 e. The van der Waals surface area contributed by atoms with E-state index in [9.17, 15) is 9.59 Å². The third-order valence-electron chi connectivity index (χ3n) is 1.56. The highest BCUT2D eigenvalue weighted by Crippen LogP contribution is 2.26. The van der Waals surface area contributed by atoms with E-state index in [1.54, 1.807) is 19.1 Å². The first kappa shape index (κ1) is 11.0. The Kier molecular flexibility index (Phi) is 3.49. The number of rotatable bonds is 2. The third kappa shape index (κ3) is 2.71.